The summed E-state index contributed by atoms with van der Waals surface area (Å²) in [6, 6.07) is -0.297. The summed E-state index contributed by atoms with van der Waals surface area (Å²) in [5.74, 6) is 0. The number of amides is 1. The Kier molecular flexibility index (Phi) is 4.15. The summed E-state index contributed by atoms with van der Waals surface area (Å²) in [6.07, 6.45) is 4.58. The molecule has 4 heterocycles. The average molecular weight is 389 g/mol. The molecule has 0 saturated heterocycles. The summed E-state index contributed by atoms with van der Waals surface area (Å²) in [5, 5.41) is 9.21. The van der Waals surface area contributed by atoms with E-state index in [-0.39, 0.29) is 6.03 Å². The van der Waals surface area contributed by atoms with E-state index in [0.717, 1.165) is 32.0 Å². The van der Waals surface area contributed by atoms with Gasteiger partial charge in [0.15, 0.2) is 5.13 Å². The molecule has 0 aliphatic heterocycles. The Bertz CT molecular complexity index is 1030. The van der Waals surface area contributed by atoms with Crippen molar-refractivity contribution in [1.29, 1.82) is 0 Å². The fraction of sp³-hybridized carbons (Fsp3) is 0.133. The van der Waals surface area contributed by atoms with Crippen LogP contribution < -0.4 is 5.32 Å². The van der Waals surface area contributed by atoms with Gasteiger partial charge in [0.2, 0.25) is 0 Å². The van der Waals surface area contributed by atoms with Crippen LogP contribution in [0.1, 0.15) is 10.7 Å². The second-order valence-electron chi connectivity index (χ2n) is 5.12. The zero-order valence-corrected chi connectivity index (χ0v) is 15.7. The van der Waals surface area contributed by atoms with E-state index in [4.69, 9.17) is 0 Å². The largest absolute Gasteiger partial charge is 0.333 e. The van der Waals surface area contributed by atoms with Crippen molar-refractivity contribution < 1.29 is 4.79 Å². The van der Waals surface area contributed by atoms with Crippen LogP contribution in [0.15, 0.2) is 29.5 Å². The van der Waals surface area contributed by atoms with E-state index in [1.807, 2.05) is 24.6 Å². The third kappa shape index (κ3) is 3.23. The highest BCUT2D eigenvalue weighted by Crippen LogP contribution is 2.35. The minimum Gasteiger partial charge on any atom is -0.283 e. The molecule has 0 radical (unpaired) electrons. The van der Waals surface area contributed by atoms with Crippen LogP contribution in [-0.2, 0) is 0 Å². The van der Waals surface area contributed by atoms with Crippen molar-refractivity contribution in [2.75, 3.05) is 5.32 Å². The topological polar surface area (TPSA) is 85.6 Å². The quantitative estimate of drug-likeness (QED) is 0.566. The molecule has 4 aromatic rings. The van der Waals surface area contributed by atoms with Crippen molar-refractivity contribution in [3.8, 4) is 21.3 Å². The minimum atomic E-state index is -0.297. The number of rotatable bonds is 3. The molecule has 1 amide bonds. The van der Waals surface area contributed by atoms with E-state index in [9.17, 15) is 4.79 Å². The van der Waals surface area contributed by atoms with Gasteiger partial charge in [0.1, 0.15) is 17.0 Å². The van der Waals surface area contributed by atoms with Crippen molar-refractivity contribution in [2.45, 2.75) is 13.8 Å². The second-order valence-corrected chi connectivity index (χ2v) is 8.04. The van der Waals surface area contributed by atoms with Gasteiger partial charge in [-0.2, -0.15) is 0 Å². The number of thiazole rings is 3. The number of aromatic nitrogens is 5. The Morgan fingerprint density at radius 2 is 1.96 bits per heavy atom. The number of nitrogens with zero attached hydrogens (tertiary/aromatic N) is 5. The third-order valence-electron chi connectivity index (χ3n) is 3.32. The van der Waals surface area contributed by atoms with Gasteiger partial charge < -0.3 is 0 Å². The van der Waals surface area contributed by atoms with Gasteiger partial charge in [-0.05, 0) is 13.8 Å². The lowest BCUT2D eigenvalue weighted by molar-refractivity contribution is 0.253. The lowest BCUT2D eigenvalue weighted by Gasteiger charge is -2.00. The van der Waals surface area contributed by atoms with Gasteiger partial charge in [-0.1, -0.05) is 11.3 Å². The van der Waals surface area contributed by atoms with E-state index in [2.05, 4.69) is 25.3 Å². The molecule has 0 unspecified atom stereocenters. The Morgan fingerprint density at radius 3 is 2.68 bits per heavy atom. The molecule has 0 saturated carbocycles. The summed E-state index contributed by atoms with van der Waals surface area (Å²) in [6.45, 7) is 3.88. The molecule has 0 aliphatic rings. The van der Waals surface area contributed by atoms with Gasteiger partial charge in [-0.3, -0.25) is 9.88 Å². The molecule has 126 valence electrons. The Balaban J connectivity index is 1.58. The number of carbonyl (C=O) groups is 1. The highest BCUT2D eigenvalue weighted by atomic mass is 32.1. The Hall–Kier alpha value is -2.43. The van der Waals surface area contributed by atoms with Gasteiger partial charge >= 0.3 is 6.03 Å². The summed E-state index contributed by atoms with van der Waals surface area (Å²) < 4.78 is 1.36. The third-order valence-corrected chi connectivity index (χ3v) is 6.06. The first-order chi connectivity index (χ1) is 12.1. The van der Waals surface area contributed by atoms with Crippen LogP contribution in [0.5, 0.6) is 0 Å². The zero-order valence-electron chi connectivity index (χ0n) is 13.3. The van der Waals surface area contributed by atoms with Crippen molar-refractivity contribution >= 4 is 45.2 Å². The van der Waals surface area contributed by atoms with Crippen LogP contribution in [0, 0.1) is 13.8 Å². The van der Waals surface area contributed by atoms with E-state index < -0.39 is 0 Å². The fourth-order valence-electron chi connectivity index (χ4n) is 2.18. The molecule has 4 aromatic heterocycles. The molecule has 0 aliphatic carbocycles. The standard InChI is InChI=1S/C15H12N6OS3/c1-8-12(10-5-24-13(19-10)11-6-23-9(2)18-11)25-14(17-8)20-15(22)21-4-3-16-7-21/h3-7H,1-2H3,(H,17,20,22). The molecule has 25 heavy (non-hydrogen) atoms. The number of nitrogens with one attached hydrogen (secondary N) is 1. The monoisotopic (exact) mass is 388 g/mol. The number of hydrogen-bond donors (Lipinski definition) is 1. The lowest BCUT2D eigenvalue weighted by atomic mass is 10.3. The summed E-state index contributed by atoms with van der Waals surface area (Å²) >= 11 is 4.56. The van der Waals surface area contributed by atoms with Crippen LogP contribution in [0.25, 0.3) is 21.3 Å². The smallest absolute Gasteiger partial charge is 0.283 e. The maximum absolute atomic E-state index is 12.1. The molecule has 10 heteroatoms. The van der Waals surface area contributed by atoms with Crippen LogP contribution in [0.3, 0.4) is 0 Å². The summed E-state index contributed by atoms with van der Waals surface area (Å²) in [5.41, 5.74) is 2.58. The van der Waals surface area contributed by atoms with Crippen LogP contribution >= 0.6 is 34.0 Å². The SMILES string of the molecule is Cc1nc(-c2nc(-c3sc(NC(=O)n4ccnc4)nc3C)cs2)cs1. The van der Waals surface area contributed by atoms with E-state index >= 15 is 0 Å². The van der Waals surface area contributed by atoms with Gasteiger partial charge in [-0.25, -0.2) is 24.7 Å². The lowest BCUT2D eigenvalue weighted by Crippen LogP contribution is -2.17. The fourth-order valence-corrected chi connectivity index (χ4v) is 4.61. The second kappa shape index (κ2) is 6.47. The molecular weight excluding hydrogens is 376 g/mol. The first-order valence-electron chi connectivity index (χ1n) is 7.25. The number of anilines is 1. The number of hydrogen-bond acceptors (Lipinski definition) is 8. The predicted octanol–water partition coefficient (Wildman–Crippen LogP) is 4.28. The van der Waals surface area contributed by atoms with Crippen LogP contribution in [-0.4, -0.2) is 30.5 Å². The Morgan fingerprint density at radius 1 is 1.12 bits per heavy atom. The molecule has 4 rings (SSSR count). The van der Waals surface area contributed by atoms with Crippen molar-refractivity contribution in [1.82, 2.24) is 24.5 Å². The normalized spacial score (nSPS) is 11.0. The van der Waals surface area contributed by atoms with E-state index in [1.54, 1.807) is 35.1 Å². The summed E-state index contributed by atoms with van der Waals surface area (Å²) in [4.78, 5) is 30.5. The van der Waals surface area contributed by atoms with E-state index in [1.165, 1.54) is 22.2 Å². The molecule has 0 bridgehead atoms. The average Bonchev–Trinajstić information content (AvgIpc) is 3.33. The zero-order chi connectivity index (χ0) is 17.4. The van der Waals surface area contributed by atoms with Gasteiger partial charge in [0, 0.05) is 23.2 Å². The number of imidazole rings is 1. The molecule has 0 atom stereocenters. The van der Waals surface area contributed by atoms with Gasteiger partial charge in [-0.15, -0.1) is 22.7 Å². The number of aryl methyl sites for hydroxylation is 2. The molecule has 0 aromatic carbocycles. The molecule has 0 spiro atoms. The van der Waals surface area contributed by atoms with Gasteiger partial charge in [0.25, 0.3) is 0 Å². The first-order valence-corrected chi connectivity index (χ1v) is 9.83. The van der Waals surface area contributed by atoms with Crippen molar-refractivity contribution in [3.05, 3.63) is 40.2 Å². The maximum Gasteiger partial charge on any atom is 0.333 e. The predicted molar refractivity (Wildman–Crippen MR) is 100 cm³/mol. The van der Waals surface area contributed by atoms with Crippen molar-refractivity contribution in [2.24, 2.45) is 0 Å². The molecule has 7 nitrogen and oxygen atoms in total. The molecular formula is C15H12N6OS3. The highest BCUT2D eigenvalue weighted by Gasteiger charge is 2.16. The summed E-state index contributed by atoms with van der Waals surface area (Å²) in [7, 11) is 0. The van der Waals surface area contributed by atoms with Crippen molar-refractivity contribution in [3.63, 3.8) is 0 Å². The number of carbonyl (C=O) groups excluding carboxylic acids is 1. The minimum absolute atomic E-state index is 0.297. The molecule has 0 fully saturated rings. The van der Waals surface area contributed by atoms with Gasteiger partial charge in [0.05, 0.1) is 21.3 Å². The maximum atomic E-state index is 12.1. The van der Waals surface area contributed by atoms with Crippen LogP contribution in [0.2, 0.25) is 0 Å². The Labute approximate surface area is 155 Å². The van der Waals surface area contributed by atoms with Crippen LogP contribution in [0.4, 0.5) is 9.93 Å². The van der Waals surface area contributed by atoms with E-state index in [0.29, 0.717) is 5.13 Å². The highest BCUT2D eigenvalue weighted by molar-refractivity contribution is 7.20. The first kappa shape index (κ1) is 16.1. The molecule has 1 N–H and O–H groups in total.